The Bertz CT molecular complexity index is 505. The van der Waals surface area contributed by atoms with Crippen molar-refractivity contribution in [1.82, 2.24) is 15.3 Å². The molecule has 0 aromatic carbocycles. The fourth-order valence-electron chi connectivity index (χ4n) is 1.98. The summed E-state index contributed by atoms with van der Waals surface area (Å²) >= 11 is 0. The van der Waals surface area contributed by atoms with Crippen molar-refractivity contribution in [2.45, 2.75) is 20.3 Å². The first-order chi connectivity index (χ1) is 8.26. The van der Waals surface area contributed by atoms with Crippen molar-refractivity contribution in [1.29, 1.82) is 0 Å². The highest BCUT2D eigenvalue weighted by molar-refractivity contribution is 5.82. The Morgan fingerprint density at radius 3 is 3.00 bits per heavy atom. The molecule has 0 atom stereocenters. The maximum atomic E-state index is 5.21. The molecule has 2 aromatic heterocycles. The second kappa shape index (κ2) is 5.19. The van der Waals surface area contributed by atoms with Crippen LogP contribution >= 0.6 is 0 Å². The highest BCUT2D eigenvalue weighted by Crippen LogP contribution is 2.23. The molecule has 17 heavy (non-hydrogen) atoms. The monoisotopic (exact) mass is 233 g/mol. The van der Waals surface area contributed by atoms with Crippen molar-refractivity contribution in [3.05, 3.63) is 23.4 Å². The van der Waals surface area contributed by atoms with Gasteiger partial charge in [0.15, 0.2) is 0 Å². The van der Waals surface area contributed by atoms with E-state index in [0.717, 1.165) is 30.5 Å². The summed E-state index contributed by atoms with van der Waals surface area (Å²) in [5, 5.41) is 3.32. The molecular formula is C13H19N3O. The lowest BCUT2D eigenvalue weighted by molar-refractivity contribution is 0.399. The number of likely N-dealkylation sites (N-methyl/N-ethyl adjacent to an activating group) is 1. The highest BCUT2D eigenvalue weighted by Gasteiger charge is 2.09. The average molecular weight is 233 g/mol. The zero-order valence-electron chi connectivity index (χ0n) is 10.6. The molecule has 0 aliphatic rings. The maximum Gasteiger partial charge on any atom is 0.213 e. The number of ether oxygens (including phenoxy) is 1. The minimum Gasteiger partial charge on any atom is -0.481 e. The molecule has 0 bridgehead atoms. The maximum absolute atomic E-state index is 5.21. The number of aryl methyl sites for hydroxylation is 1. The second-order valence-corrected chi connectivity index (χ2v) is 4.12. The van der Waals surface area contributed by atoms with Gasteiger partial charge in [-0.05, 0) is 37.6 Å². The van der Waals surface area contributed by atoms with Crippen LogP contribution in [0.3, 0.4) is 0 Å². The molecule has 92 valence electrons. The molecule has 2 aromatic rings. The summed E-state index contributed by atoms with van der Waals surface area (Å²) in [4.78, 5) is 7.80. The first-order valence-corrected chi connectivity index (χ1v) is 5.98. The van der Waals surface area contributed by atoms with Crippen molar-refractivity contribution >= 4 is 11.0 Å². The first kappa shape index (κ1) is 11.9. The summed E-state index contributed by atoms with van der Waals surface area (Å²) in [6.45, 7) is 6.15. The SMILES string of the molecule is CCNCCc1c[nH]c2c(C)cc(OC)nc12. The molecule has 4 nitrogen and oxygen atoms in total. The Morgan fingerprint density at radius 2 is 2.29 bits per heavy atom. The molecule has 4 heteroatoms. The Morgan fingerprint density at radius 1 is 1.47 bits per heavy atom. The molecule has 2 rings (SSSR count). The summed E-state index contributed by atoms with van der Waals surface area (Å²) in [7, 11) is 1.65. The van der Waals surface area contributed by atoms with Crippen LogP contribution in [0.5, 0.6) is 5.88 Å². The lowest BCUT2D eigenvalue weighted by Gasteiger charge is -2.04. The third-order valence-electron chi connectivity index (χ3n) is 2.92. The zero-order valence-corrected chi connectivity index (χ0v) is 10.6. The first-order valence-electron chi connectivity index (χ1n) is 5.98. The van der Waals surface area contributed by atoms with E-state index >= 15 is 0 Å². The van der Waals surface area contributed by atoms with Gasteiger partial charge < -0.3 is 15.0 Å². The van der Waals surface area contributed by atoms with Crippen LogP contribution < -0.4 is 10.1 Å². The molecule has 0 spiro atoms. The predicted octanol–water partition coefficient (Wildman–Crippen LogP) is 2.03. The standard InChI is InChI=1S/C13H19N3O/c1-4-14-6-5-10-8-15-12-9(2)7-11(17-3)16-13(10)12/h7-8,14-15H,4-6H2,1-3H3. The van der Waals surface area contributed by atoms with E-state index in [9.17, 15) is 0 Å². The number of aromatic nitrogens is 2. The van der Waals surface area contributed by atoms with Gasteiger partial charge in [0.1, 0.15) is 0 Å². The highest BCUT2D eigenvalue weighted by atomic mass is 16.5. The van der Waals surface area contributed by atoms with Gasteiger partial charge in [0.2, 0.25) is 5.88 Å². The molecule has 2 heterocycles. The summed E-state index contributed by atoms with van der Waals surface area (Å²) in [5.74, 6) is 0.680. The zero-order chi connectivity index (χ0) is 12.3. The Hall–Kier alpha value is -1.55. The molecule has 2 N–H and O–H groups in total. The van der Waals surface area contributed by atoms with Crippen LogP contribution in [0.2, 0.25) is 0 Å². The lowest BCUT2D eigenvalue weighted by Crippen LogP contribution is -2.15. The number of hydrogen-bond donors (Lipinski definition) is 2. The topological polar surface area (TPSA) is 49.9 Å². The third-order valence-corrected chi connectivity index (χ3v) is 2.92. The quantitative estimate of drug-likeness (QED) is 0.777. The lowest BCUT2D eigenvalue weighted by atomic mass is 10.1. The van der Waals surface area contributed by atoms with Crippen LogP contribution in [0.4, 0.5) is 0 Å². The summed E-state index contributed by atoms with van der Waals surface area (Å²) in [5.41, 5.74) is 4.54. The van der Waals surface area contributed by atoms with Crippen LogP contribution in [0.25, 0.3) is 11.0 Å². The number of pyridine rings is 1. The largest absolute Gasteiger partial charge is 0.481 e. The van der Waals surface area contributed by atoms with Crippen molar-refractivity contribution in [3.8, 4) is 5.88 Å². The van der Waals surface area contributed by atoms with Gasteiger partial charge in [-0.1, -0.05) is 6.92 Å². The van der Waals surface area contributed by atoms with Crippen LogP contribution in [0, 0.1) is 6.92 Å². The number of nitrogens with one attached hydrogen (secondary N) is 2. The van der Waals surface area contributed by atoms with E-state index in [-0.39, 0.29) is 0 Å². The predicted molar refractivity (Wildman–Crippen MR) is 69.6 cm³/mol. The molecular weight excluding hydrogens is 214 g/mol. The van der Waals surface area contributed by atoms with Crippen molar-refractivity contribution in [2.24, 2.45) is 0 Å². The van der Waals surface area contributed by atoms with Gasteiger partial charge in [0.25, 0.3) is 0 Å². The van der Waals surface area contributed by atoms with Crippen molar-refractivity contribution < 1.29 is 4.74 Å². The smallest absolute Gasteiger partial charge is 0.213 e. The van der Waals surface area contributed by atoms with E-state index in [2.05, 4.69) is 29.1 Å². The normalized spacial score (nSPS) is 11.0. The van der Waals surface area contributed by atoms with E-state index in [4.69, 9.17) is 4.74 Å². The number of rotatable bonds is 5. The average Bonchev–Trinajstić information content (AvgIpc) is 2.73. The minimum atomic E-state index is 0.680. The van der Waals surface area contributed by atoms with Gasteiger partial charge in [-0.2, -0.15) is 0 Å². The number of hydrogen-bond acceptors (Lipinski definition) is 3. The summed E-state index contributed by atoms with van der Waals surface area (Å²) in [6, 6.07) is 1.95. The minimum absolute atomic E-state index is 0.680. The van der Waals surface area contributed by atoms with Crippen LogP contribution in [-0.2, 0) is 6.42 Å². The van der Waals surface area contributed by atoms with Gasteiger partial charge in [-0.3, -0.25) is 0 Å². The fraction of sp³-hybridized carbons (Fsp3) is 0.462. The van der Waals surface area contributed by atoms with E-state index in [0.29, 0.717) is 5.88 Å². The van der Waals surface area contributed by atoms with Crippen LogP contribution in [-0.4, -0.2) is 30.2 Å². The van der Waals surface area contributed by atoms with Gasteiger partial charge in [0.05, 0.1) is 18.1 Å². The van der Waals surface area contributed by atoms with Crippen molar-refractivity contribution in [3.63, 3.8) is 0 Å². The summed E-state index contributed by atoms with van der Waals surface area (Å²) in [6.07, 6.45) is 3.02. The van der Waals surface area contributed by atoms with E-state index in [1.807, 2.05) is 12.3 Å². The van der Waals surface area contributed by atoms with E-state index in [1.165, 1.54) is 11.1 Å². The van der Waals surface area contributed by atoms with E-state index < -0.39 is 0 Å². The molecule has 0 aliphatic carbocycles. The number of methoxy groups -OCH3 is 1. The molecule has 0 saturated carbocycles. The number of H-pyrrole nitrogens is 1. The second-order valence-electron chi connectivity index (χ2n) is 4.12. The number of fused-ring (bicyclic) bond motifs is 1. The van der Waals surface area contributed by atoms with Gasteiger partial charge >= 0.3 is 0 Å². The van der Waals surface area contributed by atoms with Gasteiger partial charge in [-0.25, -0.2) is 4.98 Å². The number of nitrogens with zero attached hydrogens (tertiary/aromatic N) is 1. The molecule has 0 radical (unpaired) electrons. The fourth-order valence-corrected chi connectivity index (χ4v) is 1.98. The Kier molecular flexibility index (Phi) is 3.64. The molecule has 0 fully saturated rings. The van der Waals surface area contributed by atoms with Crippen LogP contribution in [0.15, 0.2) is 12.3 Å². The van der Waals surface area contributed by atoms with Crippen molar-refractivity contribution in [2.75, 3.05) is 20.2 Å². The van der Waals surface area contributed by atoms with Gasteiger partial charge in [-0.15, -0.1) is 0 Å². The third kappa shape index (κ3) is 2.42. The van der Waals surface area contributed by atoms with Crippen LogP contribution in [0.1, 0.15) is 18.1 Å². The van der Waals surface area contributed by atoms with E-state index in [1.54, 1.807) is 7.11 Å². The number of aromatic amines is 1. The molecule has 0 amide bonds. The molecule has 0 saturated heterocycles. The Labute approximate surface area is 101 Å². The van der Waals surface area contributed by atoms with Gasteiger partial charge in [0, 0.05) is 12.3 Å². The molecule has 0 unspecified atom stereocenters. The summed E-state index contributed by atoms with van der Waals surface area (Å²) < 4.78 is 5.21. The molecule has 0 aliphatic heterocycles. The Balaban J connectivity index is 2.33.